The third-order valence-corrected chi connectivity index (χ3v) is 7.17. The zero-order chi connectivity index (χ0) is 22.6. The summed E-state index contributed by atoms with van der Waals surface area (Å²) in [5.41, 5.74) is 1.87. The highest BCUT2D eigenvalue weighted by molar-refractivity contribution is 7.92. The predicted molar refractivity (Wildman–Crippen MR) is 124 cm³/mol. The first kappa shape index (κ1) is 22.5. The van der Waals surface area contributed by atoms with Crippen LogP contribution in [0.15, 0.2) is 42.5 Å². The van der Waals surface area contributed by atoms with E-state index in [0.717, 1.165) is 5.56 Å². The normalized spacial score (nSPS) is 16.4. The molecule has 0 radical (unpaired) electrons. The van der Waals surface area contributed by atoms with Gasteiger partial charge in [-0.05, 0) is 48.6 Å². The molecule has 1 N–H and O–H groups in total. The van der Waals surface area contributed by atoms with Gasteiger partial charge in [-0.25, -0.2) is 8.42 Å². The maximum Gasteiger partial charge on any atom is 0.251 e. The van der Waals surface area contributed by atoms with Crippen LogP contribution in [0.3, 0.4) is 0 Å². The second-order valence-corrected chi connectivity index (χ2v) is 10.4. The lowest BCUT2D eigenvalue weighted by molar-refractivity contribution is 0.0943. The molecule has 8 heteroatoms. The van der Waals surface area contributed by atoms with E-state index in [4.69, 9.17) is 9.47 Å². The van der Waals surface area contributed by atoms with Gasteiger partial charge in [0.15, 0.2) is 11.5 Å². The van der Waals surface area contributed by atoms with Crippen molar-refractivity contribution in [2.45, 2.75) is 38.6 Å². The van der Waals surface area contributed by atoms with Crippen LogP contribution in [0.5, 0.6) is 11.5 Å². The zero-order valence-corrected chi connectivity index (χ0v) is 19.2. The highest BCUT2D eigenvalue weighted by atomic mass is 32.2. The summed E-state index contributed by atoms with van der Waals surface area (Å²) in [5, 5.41) is 3.04. The van der Waals surface area contributed by atoms with Gasteiger partial charge < -0.3 is 14.8 Å². The number of sulfonamides is 1. The van der Waals surface area contributed by atoms with Crippen LogP contribution in [-0.2, 0) is 16.6 Å². The van der Waals surface area contributed by atoms with E-state index in [0.29, 0.717) is 48.4 Å². The van der Waals surface area contributed by atoms with E-state index in [-0.39, 0.29) is 12.5 Å². The molecule has 172 valence electrons. The molecule has 2 aromatic carbocycles. The number of carbonyl (C=O) groups excluding carboxylic acids is 1. The third-order valence-electron chi connectivity index (χ3n) is 6.03. The number of ether oxygens (including phenoxy) is 2. The molecular weight excluding hydrogens is 428 g/mol. The summed E-state index contributed by atoms with van der Waals surface area (Å²) in [4.78, 5) is 12.5. The van der Waals surface area contributed by atoms with Crippen molar-refractivity contribution < 1.29 is 22.7 Å². The summed E-state index contributed by atoms with van der Waals surface area (Å²) in [7, 11) is -3.53. The van der Waals surface area contributed by atoms with Crippen molar-refractivity contribution in [1.82, 2.24) is 5.32 Å². The molecule has 1 aliphatic heterocycles. The maximum atomic E-state index is 12.5. The number of hydrogen-bond donors (Lipinski definition) is 1. The van der Waals surface area contributed by atoms with Crippen molar-refractivity contribution in [3.8, 4) is 11.5 Å². The van der Waals surface area contributed by atoms with Crippen LogP contribution in [0.25, 0.3) is 0 Å². The molecule has 0 spiro atoms. The number of nitrogens with one attached hydrogen (secondary N) is 1. The number of benzene rings is 2. The molecular formula is C24H30N2O5S. The van der Waals surface area contributed by atoms with Crippen LogP contribution < -0.4 is 19.1 Å². The van der Waals surface area contributed by atoms with Gasteiger partial charge in [-0.3, -0.25) is 9.10 Å². The van der Waals surface area contributed by atoms with Gasteiger partial charge in [0.2, 0.25) is 10.0 Å². The molecule has 2 aromatic rings. The molecule has 0 aromatic heterocycles. The number of hydrogen-bond acceptors (Lipinski definition) is 5. The van der Waals surface area contributed by atoms with Crippen molar-refractivity contribution >= 4 is 21.6 Å². The Kier molecular flexibility index (Phi) is 6.89. The minimum absolute atomic E-state index is 0.0890. The van der Waals surface area contributed by atoms with Gasteiger partial charge >= 0.3 is 0 Å². The highest BCUT2D eigenvalue weighted by Crippen LogP contribution is 2.35. The first-order chi connectivity index (χ1) is 15.4. The molecule has 4 rings (SSSR count). The lowest BCUT2D eigenvalue weighted by Gasteiger charge is -2.25. The van der Waals surface area contributed by atoms with E-state index in [2.05, 4.69) is 5.32 Å². The Labute approximate surface area is 189 Å². The standard InChI is InChI=1S/C24H30N2O5S/c1-32(28,29)26(21-11-12-22-23(15-21)31-14-13-30-22)17-19-7-9-20(10-8-19)24(27)25-16-18-5-3-2-4-6-18/h7-12,15,18H,2-6,13-14,16-17H2,1H3,(H,25,27). The molecule has 0 bridgehead atoms. The largest absolute Gasteiger partial charge is 0.486 e. The van der Waals surface area contributed by atoms with Crippen LogP contribution in [0.1, 0.15) is 48.0 Å². The molecule has 32 heavy (non-hydrogen) atoms. The van der Waals surface area contributed by atoms with Gasteiger partial charge in [0.05, 0.1) is 18.5 Å². The second-order valence-electron chi connectivity index (χ2n) is 8.51. The van der Waals surface area contributed by atoms with Crippen molar-refractivity contribution in [3.05, 3.63) is 53.6 Å². The van der Waals surface area contributed by atoms with Gasteiger partial charge in [0.1, 0.15) is 13.2 Å². The molecule has 0 unspecified atom stereocenters. The average Bonchev–Trinajstić information content (AvgIpc) is 2.81. The highest BCUT2D eigenvalue weighted by Gasteiger charge is 2.21. The number of nitrogens with zero attached hydrogens (tertiary/aromatic N) is 1. The van der Waals surface area contributed by atoms with Gasteiger partial charge in [0.25, 0.3) is 5.91 Å². The lowest BCUT2D eigenvalue weighted by atomic mass is 9.89. The SMILES string of the molecule is CS(=O)(=O)N(Cc1ccc(C(=O)NCC2CCCCC2)cc1)c1ccc2c(c1)OCCO2. The van der Waals surface area contributed by atoms with Crippen molar-refractivity contribution in [3.63, 3.8) is 0 Å². The summed E-state index contributed by atoms with van der Waals surface area (Å²) in [6.45, 7) is 1.78. The van der Waals surface area contributed by atoms with E-state index in [1.54, 1.807) is 42.5 Å². The van der Waals surface area contributed by atoms with E-state index < -0.39 is 10.0 Å². The summed E-state index contributed by atoms with van der Waals surface area (Å²) in [5.74, 6) is 1.62. The molecule has 0 atom stereocenters. The molecule has 1 heterocycles. The summed E-state index contributed by atoms with van der Waals surface area (Å²) >= 11 is 0. The molecule has 2 aliphatic rings. The fourth-order valence-corrected chi connectivity index (χ4v) is 5.12. The van der Waals surface area contributed by atoms with E-state index in [1.807, 2.05) is 0 Å². The Bertz CT molecular complexity index is 1050. The average molecular weight is 459 g/mol. The molecule has 1 aliphatic carbocycles. The minimum atomic E-state index is -3.53. The molecule has 1 saturated carbocycles. The Hall–Kier alpha value is -2.74. The topological polar surface area (TPSA) is 84.9 Å². The van der Waals surface area contributed by atoms with Gasteiger partial charge in [-0.2, -0.15) is 0 Å². The summed E-state index contributed by atoms with van der Waals surface area (Å²) < 4.78 is 37.5. The fraction of sp³-hybridized carbons (Fsp3) is 0.458. The smallest absolute Gasteiger partial charge is 0.251 e. The van der Waals surface area contributed by atoms with Gasteiger partial charge in [-0.1, -0.05) is 31.4 Å². The van der Waals surface area contributed by atoms with Crippen molar-refractivity contribution in [2.24, 2.45) is 5.92 Å². The van der Waals surface area contributed by atoms with Crippen LogP contribution in [-0.4, -0.2) is 40.3 Å². The van der Waals surface area contributed by atoms with E-state index >= 15 is 0 Å². The van der Waals surface area contributed by atoms with E-state index in [1.165, 1.54) is 42.7 Å². The number of anilines is 1. The monoisotopic (exact) mass is 458 g/mol. The second kappa shape index (κ2) is 9.81. The van der Waals surface area contributed by atoms with Crippen molar-refractivity contribution in [2.75, 3.05) is 30.3 Å². The van der Waals surface area contributed by atoms with E-state index in [9.17, 15) is 13.2 Å². The van der Waals surface area contributed by atoms with Gasteiger partial charge in [-0.15, -0.1) is 0 Å². The first-order valence-electron chi connectivity index (χ1n) is 11.1. The molecule has 1 amide bonds. The Morgan fingerprint density at radius 1 is 1.00 bits per heavy atom. The molecule has 0 saturated heterocycles. The van der Waals surface area contributed by atoms with Crippen LogP contribution >= 0.6 is 0 Å². The lowest BCUT2D eigenvalue weighted by Crippen LogP contribution is -2.30. The Morgan fingerprint density at radius 2 is 1.69 bits per heavy atom. The zero-order valence-electron chi connectivity index (χ0n) is 18.4. The first-order valence-corrected chi connectivity index (χ1v) is 13.0. The summed E-state index contributed by atoms with van der Waals surface area (Å²) in [6, 6.07) is 12.2. The van der Waals surface area contributed by atoms with Crippen molar-refractivity contribution in [1.29, 1.82) is 0 Å². The van der Waals surface area contributed by atoms with Crippen LogP contribution in [0, 0.1) is 5.92 Å². The Balaban J connectivity index is 1.43. The number of carbonyl (C=O) groups is 1. The Morgan fingerprint density at radius 3 is 2.38 bits per heavy atom. The van der Waals surface area contributed by atoms with Gasteiger partial charge in [0, 0.05) is 18.2 Å². The summed E-state index contributed by atoms with van der Waals surface area (Å²) in [6.07, 6.45) is 7.32. The van der Waals surface area contributed by atoms with Crippen LogP contribution in [0.2, 0.25) is 0 Å². The minimum Gasteiger partial charge on any atom is -0.486 e. The third kappa shape index (κ3) is 5.54. The number of amides is 1. The number of rotatable bonds is 7. The molecule has 7 nitrogen and oxygen atoms in total. The molecule has 1 fully saturated rings. The number of fused-ring (bicyclic) bond motifs is 1. The van der Waals surface area contributed by atoms with Crippen LogP contribution in [0.4, 0.5) is 5.69 Å². The quantitative estimate of drug-likeness (QED) is 0.683. The predicted octanol–water partition coefficient (Wildman–Crippen LogP) is 3.73. The fourth-order valence-electron chi connectivity index (χ4n) is 4.24. The maximum absolute atomic E-state index is 12.5.